The van der Waals surface area contributed by atoms with Crippen molar-refractivity contribution in [2.24, 2.45) is 0 Å². The quantitative estimate of drug-likeness (QED) is 0.825. The molecule has 0 amide bonds. The number of piperidine rings is 1. The molecule has 2 aliphatic heterocycles. The number of rotatable bonds is 4. The molecule has 0 spiro atoms. The highest BCUT2D eigenvalue weighted by atomic mass is 19.4. The Hall–Kier alpha value is -0.290. The number of nitrogens with one attached hydrogen (secondary N) is 1. The van der Waals surface area contributed by atoms with Crippen molar-refractivity contribution >= 4 is 0 Å². The van der Waals surface area contributed by atoms with Gasteiger partial charge in [-0.3, -0.25) is 4.90 Å². The Labute approximate surface area is 101 Å². The molecule has 2 nitrogen and oxygen atoms in total. The Kier molecular flexibility index (Phi) is 3.98. The minimum Gasteiger partial charge on any atom is -0.311 e. The van der Waals surface area contributed by atoms with E-state index in [-0.39, 0.29) is 6.04 Å². The highest BCUT2D eigenvalue weighted by molar-refractivity contribution is 4.95. The van der Waals surface area contributed by atoms with Gasteiger partial charge in [-0.15, -0.1) is 0 Å². The van der Waals surface area contributed by atoms with Crippen LogP contribution < -0.4 is 5.32 Å². The van der Waals surface area contributed by atoms with Crippen LogP contribution in [-0.4, -0.2) is 42.3 Å². The minimum absolute atomic E-state index is 0.121. The van der Waals surface area contributed by atoms with Crippen molar-refractivity contribution in [2.75, 3.05) is 13.1 Å². The highest BCUT2D eigenvalue weighted by Crippen LogP contribution is 2.31. The molecule has 0 aliphatic carbocycles. The van der Waals surface area contributed by atoms with Crippen LogP contribution in [0.3, 0.4) is 0 Å². The lowest BCUT2D eigenvalue weighted by Crippen LogP contribution is -2.50. The lowest BCUT2D eigenvalue weighted by atomic mass is 9.98. The number of nitrogens with zero attached hydrogens (tertiary/aromatic N) is 1. The average molecular weight is 250 g/mol. The fourth-order valence-corrected chi connectivity index (χ4v) is 3.23. The van der Waals surface area contributed by atoms with Crippen LogP contribution in [0.1, 0.15) is 39.0 Å². The third kappa shape index (κ3) is 3.58. The van der Waals surface area contributed by atoms with E-state index in [0.29, 0.717) is 18.6 Å². The SMILES string of the molecule is CCCN(CC(F)(F)F)C1CC2CCC(C1)N2. The monoisotopic (exact) mass is 250 g/mol. The third-order valence-corrected chi connectivity index (χ3v) is 3.86. The van der Waals surface area contributed by atoms with Gasteiger partial charge in [-0.25, -0.2) is 0 Å². The molecule has 2 heterocycles. The van der Waals surface area contributed by atoms with E-state index >= 15 is 0 Å². The third-order valence-electron chi connectivity index (χ3n) is 3.86. The van der Waals surface area contributed by atoms with E-state index in [2.05, 4.69) is 5.32 Å². The Balaban J connectivity index is 1.95. The van der Waals surface area contributed by atoms with E-state index in [1.807, 2.05) is 6.92 Å². The van der Waals surface area contributed by atoms with Gasteiger partial charge in [0, 0.05) is 18.1 Å². The maximum absolute atomic E-state index is 12.5. The second-order valence-electron chi connectivity index (χ2n) is 5.35. The number of halogens is 3. The molecule has 2 aliphatic rings. The molecule has 1 N–H and O–H groups in total. The van der Waals surface area contributed by atoms with Gasteiger partial charge in [0.1, 0.15) is 0 Å². The van der Waals surface area contributed by atoms with Gasteiger partial charge in [0.15, 0.2) is 0 Å². The summed E-state index contributed by atoms with van der Waals surface area (Å²) in [5.74, 6) is 0. The van der Waals surface area contributed by atoms with Crippen molar-refractivity contribution < 1.29 is 13.2 Å². The van der Waals surface area contributed by atoms with Gasteiger partial charge in [0.2, 0.25) is 0 Å². The number of hydrogen-bond donors (Lipinski definition) is 1. The Morgan fingerprint density at radius 2 is 1.76 bits per heavy atom. The molecule has 2 rings (SSSR count). The molecule has 2 saturated heterocycles. The van der Waals surface area contributed by atoms with Crippen LogP contribution >= 0.6 is 0 Å². The van der Waals surface area contributed by atoms with Crippen molar-refractivity contribution in [3.63, 3.8) is 0 Å². The Bertz CT molecular complexity index is 243. The molecular weight excluding hydrogens is 229 g/mol. The van der Waals surface area contributed by atoms with Gasteiger partial charge < -0.3 is 5.32 Å². The highest BCUT2D eigenvalue weighted by Gasteiger charge is 2.39. The second-order valence-corrected chi connectivity index (χ2v) is 5.35. The molecule has 100 valence electrons. The van der Waals surface area contributed by atoms with Crippen LogP contribution in [0, 0.1) is 0 Å². The fraction of sp³-hybridized carbons (Fsp3) is 1.00. The van der Waals surface area contributed by atoms with Gasteiger partial charge in [-0.1, -0.05) is 6.92 Å². The molecule has 2 fully saturated rings. The normalized spacial score (nSPS) is 33.4. The zero-order valence-corrected chi connectivity index (χ0v) is 10.3. The molecule has 0 aromatic heterocycles. The van der Waals surface area contributed by atoms with E-state index in [1.165, 1.54) is 0 Å². The van der Waals surface area contributed by atoms with E-state index in [0.717, 1.165) is 32.1 Å². The molecular formula is C12H21F3N2. The van der Waals surface area contributed by atoms with E-state index in [9.17, 15) is 13.2 Å². The first kappa shape index (κ1) is 13.1. The van der Waals surface area contributed by atoms with Crippen LogP contribution in [0.15, 0.2) is 0 Å². The molecule has 0 aromatic rings. The summed E-state index contributed by atoms with van der Waals surface area (Å²) in [6.45, 7) is 1.76. The van der Waals surface area contributed by atoms with Crippen molar-refractivity contribution in [2.45, 2.75) is 63.3 Å². The van der Waals surface area contributed by atoms with Crippen LogP contribution in [0.4, 0.5) is 13.2 Å². The van der Waals surface area contributed by atoms with E-state index < -0.39 is 12.7 Å². The van der Waals surface area contributed by atoms with E-state index in [1.54, 1.807) is 4.90 Å². The van der Waals surface area contributed by atoms with Crippen molar-refractivity contribution in [3.05, 3.63) is 0 Å². The smallest absolute Gasteiger partial charge is 0.311 e. The van der Waals surface area contributed by atoms with Crippen LogP contribution in [0.25, 0.3) is 0 Å². The molecule has 0 radical (unpaired) electrons. The summed E-state index contributed by atoms with van der Waals surface area (Å²) in [6.07, 6.45) is 0.744. The largest absolute Gasteiger partial charge is 0.401 e. The summed E-state index contributed by atoms with van der Waals surface area (Å²) in [4.78, 5) is 1.64. The van der Waals surface area contributed by atoms with Gasteiger partial charge in [-0.2, -0.15) is 13.2 Å². The second kappa shape index (κ2) is 5.14. The molecule has 2 unspecified atom stereocenters. The van der Waals surface area contributed by atoms with Gasteiger partial charge in [-0.05, 0) is 38.6 Å². The zero-order chi connectivity index (χ0) is 12.5. The zero-order valence-electron chi connectivity index (χ0n) is 10.3. The van der Waals surface area contributed by atoms with Crippen LogP contribution in [0.2, 0.25) is 0 Å². The summed E-state index contributed by atoms with van der Waals surface area (Å²) in [5.41, 5.74) is 0. The summed E-state index contributed by atoms with van der Waals surface area (Å²) in [7, 11) is 0. The van der Waals surface area contributed by atoms with Crippen LogP contribution in [0.5, 0.6) is 0 Å². The fourth-order valence-electron chi connectivity index (χ4n) is 3.23. The summed E-state index contributed by atoms with van der Waals surface area (Å²) in [5, 5.41) is 3.47. The Morgan fingerprint density at radius 1 is 1.18 bits per heavy atom. The van der Waals surface area contributed by atoms with Gasteiger partial charge >= 0.3 is 6.18 Å². The molecule has 2 atom stereocenters. The van der Waals surface area contributed by atoms with Crippen molar-refractivity contribution in [1.29, 1.82) is 0 Å². The predicted octanol–water partition coefficient (Wildman–Crippen LogP) is 2.54. The molecule has 0 saturated carbocycles. The molecule has 17 heavy (non-hydrogen) atoms. The number of alkyl halides is 3. The average Bonchev–Trinajstić information content (AvgIpc) is 2.55. The lowest BCUT2D eigenvalue weighted by molar-refractivity contribution is -0.152. The molecule has 5 heteroatoms. The van der Waals surface area contributed by atoms with Crippen molar-refractivity contribution in [3.8, 4) is 0 Å². The summed E-state index contributed by atoms with van der Waals surface area (Å²) >= 11 is 0. The maximum Gasteiger partial charge on any atom is 0.401 e. The Morgan fingerprint density at radius 3 is 2.24 bits per heavy atom. The first-order chi connectivity index (χ1) is 7.98. The summed E-state index contributed by atoms with van der Waals surface area (Å²) in [6, 6.07) is 1.02. The van der Waals surface area contributed by atoms with Crippen molar-refractivity contribution in [1.82, 2.24) is 10.2 Å². The summed E-state index contributed by atoms with van der Waals surface area (Å²) < 4.78 is 37.6. The predicted molar refractivity (Wildman–Crippen MR) is 60.9 cm³/mol. The topological polar surface area (TPSA) is 15.3 Å². The first-order valence-corrected chi connectivity index (χ1v) is 6.55. The van der Waals surface area contributed by atoms with E-state index in [4.69, 9.17) is 0 Å². The maximum atomic E-state index is 12.5. The first-order valence-electron chi connectivity index (χ1n) is 6.55. The van der Waals surface area contributed by atoms with Crippen LogP contribution in [-0.2, 0) is 0 Å². The number of fused-ring (bicyclic) bond motifs is 2. The van der Waals surface area contributed by atoms with Gasteiger partial charge in [0.25, 0.3) is 0 Å². The molecule has 0 aromatic carbocycles. The van der Waals surface area contributed by atoms with Gasteiger partial charge in [0.05, 0.1) is 6.54 Å². The molecule has 2 bridgehead atoms. The minimum atomic E-state index is -4.07. The lowest BCUT2D eigenvalue weighted by Gasteiger charge is -2.38. The standard InChI is InChI=1S/C12H21F3N2/c1-2-5-17(8-12(13,14)15)11-6-9-3-4-10(7-11)16-9/h9-11,16H,2-8H2,1H3. The number of hydrogen-bond acceptors (Lipinski definition) is 2.